The van der Waals surface area contributed by atoms with E-state index in [1.807, 2.05) is 60.7 Å². The standard InChI is InChI=1S/C21H16N4O2/c26-25(27)18-13-11-17(12-14-18)22-21-19(15-7-3-1-4-8-15)20(23-24-21)16-9-5-2-6-10-16/h1-14H,(H2,22,23,24). The van der Waals surface area contributed by atoms with Crippen LogP contribution in [0.3, 0.4) is 0 Å². The van der Waals surface area contributed by atoms with E-state index in [9.17, 15) is 10.1 Å². The van der Waals surface area contributed by atoms with Crippen LogP contribution in [0.15, 0.2) is 84.9 Å². The number of nitro benzene ring substituents is 1. The number of nitrogens with one attached hydrogen (secondary N) is 2. The highest BCUT2D eigenvalue weighted by molar-refractivity contribution is 5.90. The van der Waals surface area contributed by atoms with Crippen LogP contribution in [-0.2, 0) is 0 Å². The van der Waals surface area contributed by atoms with Gasteiger partial charge in [0.05, 0.1) is 16.2 Å². The summed E-state index contributed by atoms with van der Waals surface area (Å²) < 4.78 is 0. The van der Waals surface area contributed by atoms with Crippen molar-refractivity contribution in [3.05, 3.63) is 95.0 Å². The predicted molar refractivity (Wildman–Crippen MR) is 106 cm³/mol. The number of non-ortho nitro benzene ring substituents is 1. The molecule has 0 aliphatic heterocycles. The van der Waals surface area contributed by atoms with Gasteiger partial charge in [0.15, 0.2) is 5.82 Å². The van der Waals surface area contributed by atoms with Gasteiger partial charge in [-0.2, -0.15) is 5.10 Å². The molecular weight excluding hydrogens is 340 g/mol. The molecule has 0 radical (unpaired) electrons. The molecular formula is C21H16N4O2. The van der Waals surface area contributed by atoms with Crippen molar-refractivity contribution in [3.63, 3.8) is 0 Å². The Hall–Kier alpha value is -3.93. The van der Waals surface area contributed by atoms with Gasteiger partial charge in [-0.15, -0.1) is 0 Å². The van der Waals surface area contributed by atoms with E-state index >= 15 is 0 Å². The highest BCUT2D eigenvalue weighted by atomic mass is 16.6. The number of hydrogen-bond acceptors (Lipinski definition) is 4. The van der Waals surface area contributed by atoms with Crippen molar-refractivity contribution in [1.82, 2.24) is 10.2 Å². The van der Waals surface area contributed by atoms with Crippen molar-refractivity contribution in [2.75, 3.05) is 5.32 Å². The molecule has 0 atom stereocenters. The Morgan fingerprint density at radius 1 is 0.815 bits per heavy atom. The van der Waals surface area contributed by atoms with Crippen LogP contribution in [0.25, 0.3) is 22.4 Å². The molecule has 6 nitrogen and oxygen atoms in total. The number of nitrogens with zero attached hydrogens (tertiary/aromatic N) is 2. The molecule has 2 N–H and O–H groups in total. The lowest BCUT2D eigenvalue weighted by atomic mass is 10.0. The van der Waals surface area contributed by atoms with Gasteiger partial charge in [0.25, 0.3) is 5.69 Å². The SMILES string of the molecule is O=[N+]([O-])c1ccc(Nc2n[nH]c(-c3ccccc3)c2-c2ccccc2)cc1. The summed E-state index contributed by atoms with van der Waals surface area (Å²) in [6, 6.07) is 26.2. The van der Waals surface area contributed by atoms with Crippen molar-refractivity contribution in [2.24, 2.45) is 0 Å². The molecule has 1 aromatic heterocycles. The summed E-state index contributed by atoms with van der Waals surface area (Å²) in [7, 11) is 0. The third-order valence-corrected chi connectivity index (χ3v) is 4.23. The second kappa shape index (κ2) is 7.13. The fraction of sp³-hybridized carbons (Fsp3) is 0. The van der Waals surface area contributed by atoms with Gasteiger partial charge >= 0.3 is 0 Å². The first-order valence-electron chi connectivity index (χ1n) is 8.43. The molecule has 27 heavy (non-hydrogen) atoms. The van der Waals surface area contributed by atoms with Crippen molar-refractivity contribution in [2.45, 2.75) is 0 Å². The number of rotatable bonds is 5. The molecule has 6 heteroatoms. The number of aromatic amines is 1. The molecule has 3 aromatic carbocycles. The summed E-state index contributed by atoms with van der Waals surface area (Å²) in [6.07, 6.45) is 0. The van der Waals surface area contributed by atoms with Gasteiger partial charge in [0.2, 0.25) is 0 Å². The third-order valence-electron chi connectivity index (χ3n) is 4.23. The first kappa shape index (κ1) is 16.5. The highest BCUT2D eigenvalue weighted by Crippen LogP contribution is 2.37. The summed E-state index contributed by atoms with van der Waals surface area (Å²) in [5.41, 5.74) is 4.68. The minimum Gasteiger partial charge on any atom is -0.338 e. The maximum Gasteiger partial charge on any atom is 0.269 e. The lowest BCUT2D eigenvalue weighted by Crippen LogP contribution is -1.94. The number of aromatic nitrogens is 2. The Kier molecular flexibility index (Phi) is 4.37. The summed E-state index contributed by atoms with van der Waals surface area (Å²) in [6.45, 7) is 0. The minimum absolute atomic E-state index is 0.0517. The number of nitro groups is 1. The zero-order chi connectivity index (χ0) is 18.6. The summed E-state index contributed by atoms with van der Waals surface area (Å²) in [4.78, 5) is 10.4. The van der Waals surface area contributed by atoms with Crippen molar-refractivity contribution >= 4 is 17.2 Å². The van der Waals surface area contributed by atoms with Crippen LogP contribution < -0.4 is 5.32 Å². The number of H-pyrrole nitrogens is 1. The van der Waals surface area contributed by atoms with Crippen molar-refractivity contribution in [1.29, 1.82) is 0 Å². The first-order chi connectivity index (χ1) is 13.2. The molecule has 0 amide bonds. The Bertz CT molecular complexity index is 1060. The van der Waals surface area contributed by atoms with E-state index in [0.29, 0.717) is 5.82 Å². The lowest BCUT2D eigenvalue weighted by Gasteiger charge is -2.09. The normalized spacial score (nSPS) is 10.5. The molecule has 1 heterocycles. The molecule has 0 bridgehead atoms. The monoisotopic (exact) mass is 356 g/mol. The van der Waals surface area contributed by atoms with E-state index in [1.165, 1.54) is 12.1 Å². The minimum atomic E-state index is -0.415. The fourth-order valence-electron chi connectivity index (χ4n) is 2.94. The van der Waals surface area contributed by atoms with Gasteiger partial charge in [0, 0.05) is 23.4 Å². The largest absolute Gasteiger partial charge is 0.338 e. The zero-order valence-corrected chi connectivity index (χ0v) is 14.3. The van der Waals surface area contributed by atoms with Gasteiger partial charge in [0.1, 0.15) is 0 Å². The van der Waals surface area contributed by atoms with Crippen LogP contribution in [-0.4, -0.2) is 15.1 Å². The van der Waals surface area contributed by atoms with Crippen LogP contribution in [0.4, 0.5) is 17.2 Å². The van der Waals surface area contributed by atoms with Crippen LogP contribution in [0, 0.1) is 10.1 Å². The van der Waals surface area contributed by atoms with E-state index in [2.05, 4.69) is 15.5 Å². The molecule has 4 aromatic rings. The lowest BCUT2D eigenvalue weighted by molar-refractivity contribution is -0.384. The van der Waals surface area contributed by atoms with Gasteiger partial charge in [-0.05, 0) is 17.7 Å². The van der Waals surface area contributed by atoms with E-state index < -0.39 is 4.92 Å². The predicted octanol–water partition coefficient (Wildman–Crippen LogP) is 5.40. The number of hydrogen-bond donors (Lipinski definition) is 2. The average molecular weight is 356 g/mol. The molecule has 132 valence electrons. The van der Waals surface area contributed by atoms with Crippen LogP contribution in [0.1, 0.15) is 0 Å². The topological polar surface area (TPSA) is 83.8 Å². The molecule has 0 aliphatic carbocycles. The molecule has 0 saturated heterocycles. The van der Waals surface area contributed by atoms with E-state index in [4.69, 9.17) is 0 Å². The highest BCUT2D eigenvalue weighted by Gasteiger charge is 2.17. The Morgan fingerprint density at radius 2 is 1.41 bits per heavy atom. The second-order valence-corrected chi connectivity index (χ2v) is 5.98. The first-order valence-corrected chi connectivity index (χ1v) is 8.43. The fourth-order valence-corrected chi connectivity index (χ4v) is 2.94. The quantitative estimate of drug-likeness (QED) is 0.371. The van der Waals surface area contributed by atoms with Crippen molar-refractivity contribution < 1.29 is 4.92 Å². The Morgan fingerprint density at radius 3 is 2.00 bits per heavy atom. The Balaban J connectivity index is 1.77. The van der Waals surface area contributed by atoms with Gasteiger partial charge in [-0.3, -0.25) is 15.2 Å². The number of anilines is 2. The van der Waals surface area contributed by atoms with Crippen LogP contribution in [0.2, 0.25) is 0 Å². The smallest absolute Gasteiger partial charge is 0.269 e. The molecule has 0 fully saturated rings. The molecule has 0 saturated carbocycles. The molecule has 4 rings (SSSR count). The second-order valence-electron chi connectivity index (χ2n) is 5.98. The third kappa shape index (κ3) is 3.41. The van der Waals surface area contributed by atoms with E-state index in [1.54, 1.807) is 12.1 Å². The molecule has 0 unspecified atom stereocenters. The Labute approximate surface area is 155 Å². The molecule has 0 aliphatic rings. The van der Waals surface area contributed by atoms with Crippen LogP contribution >= 0.6 is 0 Å². The van der Waals surface area contributed by atoms with E-state index in [-0.39, 0.29) is 5.69 Å². The van der Waals surface area contributed by atoms with Crippen molar-refractivity contribution in [3.8, 4) is 22.4 Å². The maximum atomic E-state index is 10.8. The van der Waals surface area contributed by atoms with Gasteiger partial charge < -0.3 is 5.32 Å². The van der Waals surface area contributed by atoms with Gasteiger partial charge in [-0.25, -0.2) is 0 Å². The summed E-state index contributed by atoms with van der Waals surface area (Å²) in [5, 5.41) is 21.7. The van der Waals surface area contributed by atoms with Gasteiger partial charge in [-0.1, -0.05) is 60.7 Å². The average Bonchev–Trinajstić information content (AvgIpc) is 3.13. The maximum absolute atomic E-state index is 10.8. The summed E-state index contributed by atoms with van der Waals surface area (Å²) in [5.74, 6) is 0.661. The van der Waals surface area contributed by atoms with E-state index in [0.717, 1.165) is 28.1 Å². The zero-order valence-electron chi connectivity index (χ0n) is 14.3. The molecule has 0 spiro atoms. The number of benzene rings is 3. The summed E-state index contributed by atoms with van der Waals surface area (Å²) >= 11 is 0. The van der Waals surface area contributed by atoms with Crippen LogP contribution in [0.5, 0.6) is 0 Å².